The third kappa shape index (κ3) is 2.74. The number of hydrogen-bond donors (Lipinski definition) is 0. The van der Waals surface area contributed by atoms with Gasteiger partial charge in [0.05, 0.1) is 5.76 Å². The molecule has 0 radical (unpaired) electrons. The maximum atomic E-state index is 6.07. The zero-order valence-electron chi connectivity index (χ0n) is 10.1. The summed E-state index contributed by atoms with van der Waals surface area (Å²) < 4.78 is 6.07. The van der Waals surface area contributed by atoms with Crippen molar-refractivity contribution in [3.63, 3.8) is 0 Å². The predicted octanol–water partition coefficient (Wildman–Crippen LogP) is 4.10. The highest BCUT2D eigenvalue weighted by Crippen LogP contribution is 2.37. The quantitative estimate of drug-likeness (QED) is 0.503. The van der Waals surface area contributed by atoms with Gasteiger partial charge in [0.25, 0.3) is 0 Å². The summed E-state index contributed by atoms with van der Waals surface area (Å²) in [5.74, 6) is 1.82. The van der Waals surface area contributed by atoms with Crippen LogP contribution in [0.1, 0.15) is 26.7 Å². The van der Waals surface area contributed by atoms with Crippen LogP contribution in [0.15, 0.2) is 23.5 Å². The van der Waals surface area contributed by atoms with E-state index in [9.17, 15) is 0 Å². The van der Waals surface area contributed by atoms with Gasteiger partial charge in [0.1, 0.15) is 0 Å². The molecule has 0 bridgehead atoms. The molecule has 0 aromatic carbocycles. The average Bonchev–Trinajstić information content (AvgIpc) is 2.29. The minimum absolute atomic E-state index is 0.571. The maximum Gasteiger partial charge on any atom is 0.241 e. The van der Waals surface area contributed by atoms with E-state index in [1.807, 2.05) is 0 Å². The summed E-state index contributed by atoms with van der Waals surface area (Å²) in [6, 6.07) is 0. The van der Waals surface area contributed by atoms with Crippen molar-refractivity contribution < 1.29 is 4.43 Å². The Labute approximate surface area is 89.0 Å². The number of allylic oxidation sites excluding steroid dienone is 3. The van der Waals surface area contributed by atoms with E-state index in [2.05, 4.69) is 40.1 Å². The first kappa shape index (κ1) is 11.6. The van der Waals surface area contributed by atoms with E-state index < -0.39 is 8.32 Å². The molecule has 0 N–H and O–H groups in total. The molecular formula is C12H22OSi. The van der Waals surface area contributed by atoms with E-state index >= 15 is 0 Å². The Balaban J connectivity index is 2.76. The fourth-order valence-electron chi connectivity index (χ4n) is 2.00. The van der Waals surface area contributed by atoms with Crippen LogP contribution in [0.5, 0.6) is 0 Å². The molecule has 0 amide bonds. The van der Waals surface area contributed by atoms with Gasteiger partial charge in [-0.2, -0.15) is 0 Å². The molecule has 0 saturated heterocycles. The minimum atomic E-state index is -1.42. The Bertz CT molecular complexity index is 271. The van der Waals surface area contributed by atoms with Gasteiger partial charge in [0.15, 0.2) is 0 Å². The van der Waals surface area contributed by atoms with Crippen LogP contribution in [0.25, 0.3) is 0 Å². The molecule has 0 fully saturated rings. The second-order valence-electron chi connectivity index (χ2n) is 5.26. The Morgan fingerprint density at radius 3 is 2.36 bits per heavy atom. The smallest absolute Gasteiger partial charge is 0.241 e. The van der Waals surface area contributed by atoms with Gasteiger partial charge in [0.2, 0.25) is 8.32 Å². The molecule has 1 nitrogen and oxygen atoms in total. The molecule has 1 unspecified atom stereocenters. The summed E-state index contributed by atoms with van der Waals surface area (Å²) in [7, 11) is -1.42. The van der Waals surface area contributed by atoms with Crippen molar-refractivity contribution in [1.29, 1.82) is 0 Å². The van der Waals surface area contributed by atoms with Gasteiger partial charge in [-0.1, -0.05) is 12.2 Å². The standard InChI is InChI=1S/C12H22OSi/c1-9(2)11-7-8-12(10(11)3)13-14(4,5)6/h11H,1,7-8H2,2-6H3. The molecule has 0 spiro atoms. The molecule has 0 heterocycles. The third-order valence-electron chi connectivity index (χ3n) is 2.65. The van der Waals surface area contributed by atoms with Crippen LogP contribution < -0.4 is 0 Å². The fourth-order valence-corrected chi connectivity index (χ4v) is 3.00. The van der Waals surface area contributed by atoms with Gasteiger partial charge in [-0.25, -0.2) is 0 Å². The first-order valence-electron chi connectivity index (χ1n) is 5.35. The van der Waals surface area contributed by atoms with Crippen LogP contribution in [0.3, 0.4) is 0 Å². The summed E-state index contributed by atoms with van der Waals surface area (Å²) >= 11 is 0. The normalized spacial score (nSPS) is 22.8. The molecular weight excluding hydrogens is 188 g/mol. The lowest BCUT2D eigenvalue weighted by molar-refractivity contribution is 0.404. The molecule has 1 aliphatic rings. The first-order valence-corrected chi connectivity index (χ1v) is 8.76. The van der Waals surface area contributed by atoms with Crippen molar-refractivity contribution in [3.8, 4) is 0 Å². The second kappa shape index (κ2) is 3.93. The van der Waals surface area contributed by atoms with Gasteiger partial charge >= 0.3 is 0 Å². The molecule has 0 aromatic rings. The van der Waals surface area contributed by atoms with E-state index in [1.54, 1.807) is 0 Å². The minimum Gasteiger partial charge on any atom is -0.547 e. The zero-order chi connectivity index (χ0) is 10.9. The van der Waals surface area contributed by atoms with Crippen LogP contribution in [-0.2, 0) is 4.43 Å². The molecule has 2 heteroatoms. The van der Waals surface area contributed by atoms with Crippen LogP contribution in [0.2, 0.25) is 19.6 Å². The summed E-state index contributed by atoms with van der Waals surface area (Å²) in [5.41, 5.74) is 2.69. The first-order chi connectivity index (χ1) is 6.31. The Kier molecular flexibility index (Phi) is 3.25. The fraction of sp³-hybridized carbons (Fsp3) is 0.667. The van der Waals surface area contributed by atoms with Gasteiger partial charge in [-0.05, 0) is 45.5 Å². The van der Waals surface area contributed by atoms with Crippen molar-refractivity contribution in [3.05, 3.63) is 23.5 Å². The summed E-state index contributed by atoms with van der Waals surface area (Å²) in [6.07, 6.45) is 2.30. The monoisotopic (exact) mass is 210 g/mol. The predicted molar refractivity (Wildman–Crippen MR) is 64.7 cm³/mol. The number of hydrogen-bond acceptors (Lipinski definition) is 1. The highest BCUT2D eigenvalue weighted by atomic mass is 28.4. The lowest BCUT2D eigenvalue weighted by atomic mass is 9.96. The summed E-state index contributed by atoms with van der Waals surface area (Å²) in [6.45, 7) is 15.1. The van der Waals surface area contributed by atoms with Crippen LogP contribution in [-0.4, -0.2) is 8.32 Å². The topological polar surface area (TPSA) is 9.23 Å². The van der Waals surface area contributed by atoms with E-state index in [4.69, 9.17) is 4.43 Å². The molecule has 1 rings (SSSR count). The Morgan fingerprint density at radius 1 is 1.43 bits per heavy atom. The maximum absolute atomic E-state index is 6.07. The van der Waals surface area contributed by atoms with Gasteiger partial charge in [-0.3, -0.25) is 0 Å². The van der Waals surface area contributed by atoms with Crippen molar-refractivity contribution in [2.24, 2.45) is 5.92 Å². The molecule has 1 atom stereocenters. The summed E-state index contributed by atoms with van der Waals surface area (Å²) in [4.78, 5) is 0. The molecule has 0 aliphatic heterocycles. The van der Waals surface area contributed by atoms with Gasteiger partial charge < -0.3 is 4.43 Å². The highest BCUT2D eigenvalue weighted by molar-refractivity contribution is 6.70. The zero-order valence-corrected chi connectivity index (χ0v) is 11.1. The van der Waals surface area contributed by atoms with Gasteiger partial charge in [0, 0.05) is 12.3 Å². The van der Waals surface area contributed by atoms with Crippen molar-refractivity contribution in [2.75, 3.05) is 0 Å². The van der Waals surface area contributed by atoms with Gasteiger partial charge in [-0.15, -0.1) is 0 Å². The molecule has 0 aromatic heterocycles. The average molecular weight is 210 g/mol. The van der Waals surface area contributed by atoms with Crippen molar-refractivity contribution in [1.82, 2.24) is 0 Å². The second-order valence-corrected chi connectivity index (χ2v) is 9.69. The Morgan fingerprint density at radius 2 is 2.00 bits per heavy atom. The van der Waals surface area contributed by atoms with E-state index in [0.717, 1.165) is 6.42 Å². The van der Waals surface area contributed by atoms with E-state index in [-0.39, 0.29) is 0 Å². The SMILES string of the molecule is C=C(C)C1CCC(O[Si](C)(C)C)=C1C. The van der Waals surface area contributed by atoms with Crippen LogP contribution >= 0.6 is 0 Å². The lowest BCUT2D eigenvalue weighted by Gasteiger charge is -2.21. The molecule has 14 heavy (non-hydrogen) atoms. The van der Waals surface area contributed by atoms with Crippen LogP contribution in [0, 0.1) is 5.92 Å². The van der Waals surface area contributed by atoms with E-state index in [0.29, 0.717) is 5.92 Å². The largest absolute Gasteiger partial charge is 0.547 e. The Hall–Kier alpha value is -0.503. The molecule has 0 saturated carbocycles. The van der Waals surface area contributed by atoms with E-state index in [1.165, 1.54) is 23.3 Å². The number of rotatable bonds is 3. The summed E-state index contributed by atoms with van der Waals surface area (Å²) in [5, 5.41) is 0. The molecule has 1 aliphatic carbocycles. The molecule has 80 valence electrons. The van der Waals surface area contributed by atoms with Crippen molar-refractivity contribution >= 4 is 8.32 Å². The van der Waals surface area contributed by atoms with Crippen LogP contribution in [0.4, 0.5) is 0 Å². The lowest BCUT2D eigenvalue weighted by Crippen LogP contribution is -2.24. The third-order valence-corrected chi connectivity index (χ3v) is 3.51. The highest BCUT2D eigenvalue weighted by Gasteiger charge is 2.27. The van der Waals surface area contributed by atoms with Crippen molar-refractivity contribution in [2.45, 2.75) is 46.3 Å².